The third-order valence-electron chi connectivity index (χ3n) is 9.26. The Morgan fingerprint density at radius 1 is 1.02 bits per heavy atom. The van der Waals surface area contributed by atoms with Crippen molar-refractivity contribution in [2.24, 2.45) is 0 Å². The number of anilines is 1. The maximum Gasteiger partial charge on any atom is 0.303 e. The van der Waals surface area contributed by atoms with Crippen LogP contribution in [0, 0.1) is 0 Å². The molecule has 0 saturated carbocycles. The molecule has 0 unspecified atom stereocenters. The van der Waals surface area contributed by atoms with E-state index in [-0.39, 0.29) is 11.3 Å². The molecule has 5 rings (SSSR count). The lowest BCUT2D eigenvalue weighted by Crippen LogP contribution is -2.29. The molecule has 1 aromatic rings. The van der Waals surface area contributed by atoms with Gasteiger partial charge in [0.25, 0.3) is 0 Å². The topological polar surface area (TPSA) is 114 Å². The number of rotatable bonds is 10. The van der Waals surface area contributed by atoms with E-state index >= 15 is 0 Å². The van der Waals surface area contributed by atoms with Gasteiger partial charge in [0.2, 0.25) is 5.36 Å². The number of fused-ring (bicyclic) bond motifs is 3. The first-order valence-corrected chi connectivity index (χ1v) is 17.5. The number of carbonyl (C=O) groups is 1. The van der Waals surface area contributed by atoms with Gasteiger partial charge in [-0.25, -0.2) is 13.0 Å². The molecule has 45 heavy (non-hydrogen) atoms. The average molecular weight is 633 g/mol. The van der Waals surface area contributed by atoms with E-state index in [0.29, 0.717) is 13.0 Å². The Morgan fingerprint density at radius 2 is 1.78 bits per heavy atom. The molecule has 0 radical (unpaired) electrons. The quantitative estimate of drug-likeness (QED) is 0.117. The Balaban J connectivity index is 1.58. The van der Waals surface area contributed by atoms with Gasteiger partial charge in [-0.1, -0.05) is 26.3 Å². The van der Waals surface area contributed by atoms with Crippen molar-refractivity contribution >= 4 is 27.3 Å². The summed E-state index contributed by atoms with van der Waals surface area (Å²) in [5.74, 6) is 0.982. The van der Waals surface area contributed by atoms with Crippen LogP contribution in [0.1, 0.15) is 89.5 Å². The highest BCUT2D eigenvalue weighted by molar-refractivity contribution is 7.85. The lowest BCUT2D eigenvalue weighted by Gasteiger charge is -2.27. The minimum atomic E-state index is -4.61. The smallest absolute Gasteiger partial charge is 0.303 e. The number of unbranched alkanes of at least 4 members (excludes halogenated alkanes) is 2. The van der Waals surface area contributed by atoms with Crippen molar-refractivity contribution in [2.75, 3.05) is 24.5 Å². The molecule has 9 heteroatoms. The van der Waals surface area contributed by atoms with Crippen LogP contribution >= 0.6 is 0 Å². The number of aryl methyl sites for hydroxylation is 1. The molecule has 0 saturated heterocycles. The molecule has 2 aliphatic carbocycles. The van der Waals surface area contributed by atoms with Crippen LogP contribution in [0.5, 0.6) is 0 Å². The van der Waals surface area contributed by atoms with E-state index in [2.05, 4.69) is 73.6 Å². The summed E-state index contributed by atoms with van der Waals surface area (Å²) < 4.78 is 44.8. The summed E-state index contributed by atoms with van der Waals surface area (Å²) in [7, 11) is -4.61. The normalized spacial score (nSPS) is 17.8. The van der Waals surface area contributed by atoms with Gasteiger partial charge in [0.15, 0.2) is 0 Å². The molecule has 0 bridgehead atoms. The predicted molar refractivity (Wildman–Crippen MR) is 176 cm³/mol. The second-order valence-corrected chi connectivity index (χ2v) is 13.9. The zero-order valence-corrected chi connectivity index (χ0v) is 27.6. The van der Waals surface area contributed by atoms with Crippen LogP contribution in [0.2, 0.25) is 0 Å². The SMILES string of the molecule is CC[N+](CC)=c1ccc2cc3c(oc-2c1)/C(=C/C=C1/N(CCCCCC(=O)O)c2ccc(S(=O)(=O)[O-])cc2C1(C)C)CCCC3. The summed E-state index contributed by atoms with van der Waals surface area (Å²) >= 11 is 0. The summed E-state index contributed by atoms with van der Waals surface area (Å²) in [6, 6.07) is 13.3. The molecule has 4 aliphatic rings. The van der Waals surface area contributed by atoms with Crippen LogP contribution in [0.25, 0.3) is 16.9 Å². The predicted octanol–water partition coefficient (Wildman–Crippen LogP) is 6.54. The van der Waals surface area contributed by atoms with Gasteiger partial charge in [-0.3, -0.25) is 4.79 Å². The van der Waals surface area contributed by atoms with Gasteiger partial charge in [-0.05, 0) is 105 Å². The molecular weight excluding hydrogens is 588 g/mol. The van der Waals surface area contributed by atoms with Crippen LogP contribution in [0.3, 0.4) is 0 Å². The largest absolute Gasteiger partial charge is 0.744 e. The van der Waals surface area contributed by atoms with E-state index in [4.69, 9.17) is 9.52 Å². The van der Waals surface area contributed by atoms with Crippen LogP contribution in [0.15, 0.2) is 69.6 Å². The number of benzene rings is 2. The number of hydrogen-bond donors (Lipinski definition) is 1. The summed E-state index contributed by atoms with van der Waals surface area (Å²) in [6.07, 6.45) is 10.5. The van der Waals surface area contributed by atoms with Crippen LogP contribution in [-0.4, -0.2) is 43.7 Å². The van der Waals surface area contributed by atoms with Crippen molar-refractivity contribution < 1.29 is 27.3 Å². The molecule has 8 nitrogen and oxygen atoms in total. The van der Waals surface area contributed by atoms with Crippen molar-refractivity contribution in [1.29, 1.82) is 0 Å². The fourth-order valence-corrected chi connectivity index (χ4v) is 7.26. The van der Waals surface area contributed by atoms with Gasteiger partial charge >= 0.3 is 5.97 Å². The van der Waals surface area contributed by atoms with Gasteiger partial charge < -0.3 is 19.0 Å². The number of hydrogen-bond acceptors (Lipinski definition) is 6. The van der Waals surface area contributed by atoms with E-state index in [0.717, 1.165) is 96.6 Å². The number of allylic oxidation sites excluding steroid dienone is 4. The second-order valence-electron chi connectivity index (χ2n) is 12.6. The minimum absolute atomic E-state index is 0.135. The van der Waals surface area contributed by atoms with Gasteiger partial charge in [-0.15, -0.1) is 0 Å². The van der Waals surface area contributed by atoms with E-state index in [1.807, 2.05) is 0 Å². The first kappa shape index (κ1) is 32.7. The Morgan fingerprint density at radius 3 is 2.49 bits per heavy atom. The van der Waals surface area contributed by atoms with E-state index < -0.39 is 21.5 Å². The molecule has 0 aromatic heterocycles. The van der Waals surface area contributed by atoms with E-state index in [9.17, 15) is 17.8 Å². The molecule has 0 amide bonds. The van der Waals surface area contributed by atoms with Crippen molar-refractivity contribution in [3.8, 4) is 11.3 Å². The van der Waals surface area contributed by atoms with Gasteiger partial charge in [0.05, 0.1) is 11.0 Å². The standard InChI is InChI=1S/C36H44N2O6S/c1-5-37(6-2)28-17-15-26-22-27-13-10-9-12-25(35(27)44-32(26)23-28)16-20-33-36(3,4)30-24-29(45(41,42)43)18-19-31(30)38(33)21-11-7-8-14-34(39)40/h15-20,22-24H,5-14,21H2,1-4H3,(H-,39,40,41,42,43). The van der Waals surface area contributed by atoms with Crippen LogP contribution in [-0.2, 0) is 26.7 Å². The third-order valence-corrected chi connectivity index (χ3v) is 10.1. The molecule has 2 aliphatic heterocycles. The van der Waals surface area contributed by atoms with Crippen molar-refractivity contribution in [1.82, 2.24) is 4.58 Å². The lowest BCUT2D eigenvalue weighted by atomic mass is 9.83. The zero-order chi connectivity index (χ0) is 32.4. The summed E-state index contributed by atoms with van der Waals surface area (Å²) in [4.78, 5) is 13.0. The first-order valence-electron chi connectivity index (χ1n) is 16.1. The molecular formula is C36H44N2O6S. The highest BCUT2D eigenvalue weighted by atomic mass is 32.2. The summed E-state index contributed by atoms with van der Waals surface area (Å²) in [6.45, 7) is 10.9. The number of aliphatic carboxylic acids is 1. The van der Waals surface area contributed by atoms with Crippen LogP contribution < -0.4 is 14.8 Å². The number of carboxylic acid groups (broad SMARTS) is 1. The summed E-state index contributed by atoms with van der Waals surface area (Å²) in [5.41, 5.74) is 5.51. The first-order chi connectivity index (χ1) is 21.4. The minimum Gasteiger partial charge on any atom is -0.744 e. The number of nitrogens with zero attached hydrogens (tertiary/aromatic N) is 2. The monoisotopic (exact) mass is 632 g/mol. The van der Waals surface area contributed by atoms with Crippen molar-refractivity contribution in [2.45, 2.75) is 89.4 Å². The fraction of sp³-hybridized carbons (Fsp3) is 0.444. The highest BCUT2D eigenvalue weighted by Crippen LogP contribution is 2.49. The molecule has 0 fully saturated rings. The zero-order valence-electron chi connectivity index (χ0n) is 26.8. The molecule has 2 heterocycles. The Hall–Kier alpha value is -3.69. The molecule has 1 N–H and O–H groups in total. The third kappa shape index (κ3) is 6.94. The lowest BCUT2D eigenvalue weighted by molar-refractivity contribution is -0.137. The second kappa shape index (κ2) is 13.3. The maximum atomic E-state index is 11.9. The molecule has 240 valence electrons. The molecule has 1 aromatic carbocycles. The van der Waals surface area contributed by atoms with E-state index in [1.54, 1.807) is 6.07 Å². The van der Waals surface area contributed by atoms with Crippen molar-refractivity contribution in [3.63, 3.8) is 0 Å². The average Bonchev–Trinajstić information content (AvgIpc) is 3.09. The summed E-state index contributed by atoms with van der Waals surface area (Å²) in [5, 5.41) is 10.2. The van der Waals surface area contributed by atoms with Crippen molar-refractivity contribution in [3.05, 3.63) is 82.6 Å². The van der Waals surface area contributed by atoms with Gasteiger partial charge in [0.1, 0.15) is 34.7 Å². The van der Waals surface area contributed by atoms with E-state index in [1.165, 1.54) is 17.7 Å². The van der Waals surface area contributed by atoms with Crippen LogP contribution in [0.4, 0.5) is 5.69 Å². The van der Waals surface area contributed by atoms with Gasteiger partial charge in [0, 0.05) is 41.4 Å². The Bertz CT molecular complexity index is 1790. The highest BCUT2D eigenvalue weighted by Gasteiger charge is 2.40. The number of carboxylic acids is 1. The Kier molecular flexibility index (Phi) is 9.70. The maximum absolute atomic E-state index is 11.9. The fourth-order valence-electron chi connectivity index (χ4n) is 6.76. The molecule has 0 atom stereocenters. The Labute approximate surface area is 266 Å². The van der Waals surface area contributed by atoms with Gasteiger partial charge in [-0.2, -0.15) is 0 Å². The molecule has 0 spiro atoms.